The third-order valence-electron chi connectivity index (χ3n) is 2.30. The predicted molar refractivity (Wildman–Crippen MR) is 52.7 cm³/mol. The molecule has 1 rings (SSSR count). The summed E-state index contributed by atoms with van der Waals surface area (Å²) in [6.07, 6.45) is 1.90. The molecule has 0 saturated carbocycles. The van der Waals surface area contributed by atoms with Crippen LogP contribution < -0.4 is 5.46 Å². The molecule has 0 aromatic carbocycles. The van der Waals surface area contributed by atoms with Gasteiger partial charge in [0.15, 0.2) is 0 Å². The van der Waals surface area contributed by atoms with Crippen molar-refractivity contribution < 1.29 is 14.4 Å². The van der Waals surface area contributed by atoms with E-state index in [9.17, 15) is 4.39 Å². The Kier molecular flexibility index (Phi) is 3.60. The minimum Gasteiger partial charge on any atom is -0.423 e. The van der Waals surface area contributed by atoms with E-state index in [1.54, 1.807) is 0 Å². The van der Waals surface area contributed by atoms with E-state index in [4.69, 9.17) is 10.0 Å². The van der Waals surface area contributed by atoms with Crippen LogP contribution in [0.2, 0.25) is 0 Å². The monoisotopic (exact) mass is 197 g/mol. The second-order valence-electron chi connectivity index (χ2n) is 3.31. The zero-order chi connectivity index (χ0) is 10.7. The van der Waals surface area contributed by atoms with Crippen molar-refractivity contribution in [3.05, 3.63) is 23.8 Å². The van der Waals surface area contributed by atoms with E-state index in [1.807, 2.05) is 13.8 Å². The van der Waals surface area contributed by atoms with E-state index < -0.39 is 12.9 Å². The molecule has 76 valence electrons. The summed E-state index contributed by atoms with van der Waals surface area (Å²) in [5, 5.41) is 17.7. The topological polar surface area (TPSA) is 53.4 Å². The minimum atomic E-state index is -1.78. The molecule has 0 aliphatic rings. The van der Waals surface area contributed by atoms with Crippen LogP contribution in [0.25, 0.3) is 0 Å². The number of rotatable bonds is 3. The van der Waals surface area contributed by atoms with E-state index in [1.165, 1.54) is 6.07 Å². The summed E-state index contributed by atoms with van der Waals surface area (Å²) in [6, 6.07) is 1.40. The van der Waals surface area contributed by atoms with Crippen molar-refractivity contribution in [2.24, 2.45) is 0 Å². The number of aromatic nitrogens is 1. The Morgan fingerprint density at radius 1 is 1.57 bits per heavy atom. The molecule has 3 nitrogen and oxygen atoms in total. The fraction of sp³-hybridized carbons (Fsp3) is 0.444. The van der Waals surface area contributed by atoms with Crippen LogP contribution in [-0.4, -0.2) is 22.2 Å². The molecule has 0 radical (unpaired) electrons. The summed E-state index contributed by atoms with van der Waals surface area (Å²) in [4.78, 5) is 3.89. The minimum absolute atomic E-state index is 0.115. The number of nitrogens with zero attached hydrogens (tertiary/aromatic N) is 1. The maximum absolute atomic E-state index is 13.0. The maximum Gasteiger partial charge on any atom is 0.491 e. The summed E-state index contributed by atoms with van der Waals surface area (Å²) in [7, 11) is -1.78. The van der Waals surface area contributed by atoms with E-state index in [-0.39, 0.29) is 11.4 Å². The van der Waals surface area contributed by atoms with Gasteiger partial charge in [-0.2, -0.15) is 0 Å². The van der Waals surface area contributed by atoms with Gasteiger partial charge in [-0.25, -0.2) is 4.39 Å². The van der Waals surface area contributed by atoms with Gasteiger partial charge in [-0.05, 0) is 18.4 Å². The van der Waals surface area contributed by atoms with E-state index in [2.05, 4.69) is 4.98 Å². The zero-order valence-corrected chi connectivity index (χ0v) is 8.24. The highest BCUT2D eigenvalue weighted by Gasteiger charge is 2.18. The largest absolute Gasteiger partial charge is 0.491 e. The Morgan fingerprint density at radius 2 is 2.21 bits per heavy atom. The van der Waals surface area contributed by atoms with E-state index in [0.717, 1.165) is 12.6 Å². The first kappa shape index (κ1) is 11.1. The lowest BCUT2D eigenvalue weighted by molar-refractivity contribution is 0.422. The first-order valence-corrected chi connectivity index (χ1v) is 4.57. The molecule has 1 aromatic heterocycles. The molecule has 1 aromatic rings. The molecule has 0 spiro atoms. The summed E-state index contributed by atoms with van der Waals surface area (Å²) in [5.74, 6) is -0.500. The van der Waals surface area contributed by atoms with Gasteiger partial charge in [0.05, 0.1) is 6.20 Å². The predicted octanol–water partition coefficient (Wildman–Crippen LogP) is 0.414. The summed E-state index contributed by atoms with van der Waals surface area (Å²) >= 11 is 0. The standard InChI is InChI=1S/C9H13BFNO2/c1-3-6(2)9-4-7(10(13)14)8(11)5-12-9/h4-6,13-14H,3H2,1-2H3. The smallest absolute Gasteiger partial charge is 0.423 e. The van der Waals surface area contributed by atoms with Crippen LogP contribution in [0.4, 0.5) is 4.39 Å². The molecule has 0 bridgehead atoms. The van der Waals surface area contributed by atoms with Crippen LogP contribution in [-0.2, 0) is 0 Å². The molecular weight excluding hydrogens is 184 g/mol. The molecule has 5 heteroatoms. The van der Waals surface area contributed by atoms with Gasteiger partial charge in [0.1, 0.15) is 5.82 Å². The van der Waals surface area contributed by atoms with Gasteiger partial charge < -0.3 is 10.0 Å². The van der Waals surface area contributed by atoms with Gasteiger partial charge in [0.2, 0.25) is 0 Å². The Morgan fingerprint density at radius 3 is 2.71 bits per heavy atom. The fourth-order valence-electron chi connectivity index (χ4n) is 1.15. The highest BCUT2D eigenvalue weighted by molar-refractivity contribution is 6.58. The van der Waals surface area contributed by atoms with Gasteiger partial charge in [-0.1, -0.05) is 13.8 Å². The van der Waals surface area contributed by atoms with Gasteiger partial charge in [-0.15, -0.1) is 0 Å². The van der Waals surface area contributed by atoms with Crippen LogP contribution in [0.1, 0.15) is 31.9 Å². The lowest BCUT2D eigenvalue weighted by Gasteiger charge is -2.09. The second-order valence-corrected chi connectivity index (χ2v) is 3.31. The maximum atomic E-state index is 13.0. The average molecular weight is 197 g/mol. The molecule has 0 saturated heterocycles. The zero-order valence-electron chi connectivity index (χ0n) is 8.24. The molecular formula is C9H13BFNO2. The van der Waals surface area contributed by atoms with Gasteiger partial charge in [-0.3, -0.25) is 4.98 Å². The van der Waals surface area contributed by atoms with E-state index >= 15 is 0 Å². The van der Waals surface area contributed by atoms with Crippen molar-refractivity contribution >= 4 is 12.6 Å². The normalized spacial score (nSPS) is 12.6. The first-order chi connectivity index (χ1) is 6.56. The van der Waals surface area contributed by atoms with Crippen molar-refractivity contribution in [3.8, 4) is 0 Å². The quantitative estimate of drug-likeness (QED) is 0.690. The Bertz CT molecular complexity index is 320. The van der Waals surface area contributed by atoms with Crippen molar-refractivity contribution in [3.63, 3.8) is 0 Å². The molecule has 2 N–H and O–H groups in total. The SMILES string of the molecule is CCC(C)c1cc(B(O)O)c(F)cn1. The number of hydrogen-bond acceptors (Lipinski definition) is 3. The van der Waals surface area contributed by atoms with Gasteiger partial charge in [0, 0.05) is 11.2 Å². The number of pyridine rings is 1. The summed E-state index contributed by atoms with van der Waals surface area (Å²) in [6.45, 7) is 3.94. The van der Waals surface area contributed by atoms with Crippen molar-refractivity contribution in [1.82, 2.24) is 4.98 Å². The Hall–Kier alpha value is -0.935. The van der Waals surface area contributed by atoms with Crippen molar-refractivity contribution in [1.29, 1.82) is 0 Å². The third kappa shape index (κ3) is 2.30. The highest BCUT2D eigenvalue weighted by atomic mass is 19.1. The van der Waals surface area contributed by atoms with E-state index in [0.29, 0.717) is 5.69 Å². The van der Waals surface area contributed by atoms with Crippen LogP contribution in [0.5, 0.6) is 0 Å². The van der Waals surface area contributed by atoms with Crippen molar-refractivity contribution in [2.75, 3.05) is 0 Å². The molecule has 1 heterocycles. The fourth-order valence-corrected chi connectivity index (χ4v) is 1.15. The molecule has 0 aliphatic heterocycles. The summed E-state index contributed by atoms with van der Waals surface area (Å²) < 4.78 is 13.0. The lowest BCUT2D eigenvalue weighted by atomic mass is 9.79. The second kappa shape index (κ2) is 4.53. The lowest BCUT2D eigenvalue weighted by Crippen LogP contribution is -2.33. The van der Waals surface area contributed by atoms with Crippen molar-refractivity contribution in [2.45, 2.75) is 26.2 Å². The van der Waals surface area contributed by atoms with Crippen LogP contribution in [0.3, 0.4) is 0 Å². The first-order valence-electron chi connectivity index (χ1n) is 4.57. The summed E-state index contributed by atoms with van der Waals surface area (Å²) in [5.41, 5.74) is 0.562. The van der Waals surface area contributed by atoms with Crippen LogP contribution >= 0.6 is 0 Å². The van der Waals surface area contributed by atoms with Gasteiger partial charge in [0.25, 0.3) is 0 Å². The third-order valence-corrected chi connectivity index (χ3v) is 2.30. The van der Waals surface area contributed by atoms with Crippen LogP contribution in [0, 0.1) is 5.82 Å². The van der Waals surface area contributed by atoms with Gasteiger partial charge >= 0.3 is 7.12 Å². The molecule has 0 aliphatic carbocycles. The molecule has 0 amide bonds. The Labute approximate surface area is 82.8 Å². The van der Waals surface area contributed by atoms with Crippen LogP contribution in [0.15, 0.2) is 12.3 Å². The molecule has 0 fully saturated rings. The highest BCUT2D eigenvalue weighted by Crippen LogP contribution is 2.14. The number of halogens is 1. The molecule has 1 unspecified atom stereocenters. The number of hydrogen-bond donors (Lipinski definition) is 2. The Balaban J connectivity index is 3.06. The molecule has 1 atom stereocenters. The average Bonchev–Trinajstić information content (AvgIpc) is 2.17. The molecule has 14 heavy (non-hydrogen) atoms.